The molecule has 0 N–H and O–H groups in total. The Bertz CT molecular complexity index is 890. The highest BCUT2D eigenvalue weighted by atomic mass is 28.4. The van der Waals surface area contributed by atoms with Gasteiger partial charge in [-0.2, -0.15) is 0 Å². The summed E-state index contributed by atoms with van der Waals surface area (Å²) in [4.78, 5) is 14.9. The van der Waals surface area contributed by atoms with Gasteiger partial charge in [0.25, 0.3) is 8.32 Å². The largest absolute Gasteiger partial charge is 0.444 e. The van der Waals surface area contributed by atoms with Crippen LogP contribution in [0.5, 0.6) is 0 Å². The van der Waals surface area contributed by atoms with E-state index < -0.39 is 13.9 Å². The Morgan fingerprint density at radius 1 is 0.939 bits per heavy atom. The fourth-order valence-corrected chi connectivity index (χ4v) is 9.14. The molecule has 0 saturated heterocycles. The lowest BCUT2D eigenvalue weighted by atomic mass is 10.2. The highest BCUT2D eigenvalue weighted by Crippen LogP contribution is 2.37. The van der Waals surface area contributed by atoms with Gasteiger partial charge in [0.2, 0.25) is 0 Å². The summed E-state index contributed by atoms with van der Waals surface area (Å²) in [6, 6.07) is 21.1. The fraction of sp³-hybridized carbons (Fsp3) is 0.464. The summed E-state index contributed by atoms with van der Waals surface area (Å²) in [6.07, 6.45) is 5.89. The number of nitrogens with zero attached hydrogens (tertiary/aromatic N) is 1. The number of rotatable bonds is 5. The quantitative estimate of drug-likeness (QED) is 0.431. The third-order valence-corrected chi connectivity index (χ3v) is 11.0. The Labute approximate surface area is 200 Å². The van der Waals surface area contributed by atoms with E-state index in [0.29, 0.717) is 13.2 Å². The van der Waals surface area contributed by atoms with Crippen LogP contribution < -0.4 is 10.4 Å². The zero-order chi connectivity index (χ0) is 24.1. The molecular formula is C28H39NO3Si. The molecule has 0 aromatic heterocycles. The zero-order valence-electron chi connectivity index (χ0n) is 21.0. The van der Waals surface area contributed by atoms with Crippen molar-refractivity contribution < 1.29 is 14.0 Å². The normalized spacial score (nSPS) is 17.5. The molecule has 0 spiro atoms. The third-order valence-electron chi connectivity index (χ3n) is 6.04. The molecule has 0 bridgehead atoms. The summed E-state index contributed by atoms with van der Waals surface area (Å²) in [7, 11) is -2.67. The van der Waals surface area contributed by atoms with Crippen LogP contribution in [-0.2, 0) is 9.16 Å². The van der Waals surface area contributed by atoms with Gasteiger partial charge >= 0.3 is 6.09 Å². The Kier molecular flexibility index (Phi) is 7.86. The van der Waals surface area contributed by atoms with E-state index >= 15 is 0 Å². The maximum atomic E-state index is 13.1. The lowest BCUT2D eigenvalue weighted by Crippen LogP contribution is -2.67. The van der Waals surface area contributed by atoms with Crippen molar-refractivity contribution in [2.45, 2.75) is 71.1 Å². The molecule has 1 heterocycles. The van der Waals surface area contributed by atoms with E-state index in [1.165, 1.54) is 10.4 Å². The maximum absolute atomic E-state index is 13.1. The molecule has 33 heavy (non-hydrogen) atoms. The molecule has 4 nitrogen and oxygen atoms in total. The summed E-state index contributed by atoms with van der Waals surface area (Å²) in [5.41, 5.74) is -0.531. The van der Waals surface area contributed by atoms with Crippen LogP contribution in [0.2, 0.25) is 5.04 Å². The molecule has 0 unspecified atom stereocenters. The van der Waals surface area contributed by atoms with Gasteiger partial charge in [-0.1, -0.05) is 93.6 Å². The lowest BCUT2D eigenvalue weighted by molar-refractivity contribution is 0.0159. The number of benzene rings is 2. The van der Waals surface area contributed by atoms with Crippen molar-refractivity contribution in [1.29, 1.82) is 0 Å². The van der Waals surface area contributed by atoms with Crippen molar-refractivity contribution in [3.63, 3.8) is 0 Å². The minimum absolute atomic E-state index is 0.110. The number of amides is 1. The molecule has 2 aromatic rings. The number of ether oxygens (including phenoxy) is 1. The third kappa shape index (κ3) is 5.95. The minimum Gasteiger partial charge on any atom is -0.444 e. The predicted molar refractivity (Wildman–Crippen MR) is 139 cm³/mol. The highest BCUT2D eigenvalue weighted by molar-refractivity contribution is 6.99. The van der Waals surface area contributed by atoms with Gasteiger partial charge < -0.3 is 9.16 Å². The van der Waals surface area contributed by atoms with Crippen molar-refractivity contribution in [3.8, 4) is 0 Å². The van der Waals surface area contributed by atoms with Crippen molar-refractivity contribution in [1.82, 2.24) is 4.90 Å². The summed E-state index contributed by atoms with van der Waals surface area (Å²) < 4.78 is 12.9. The minimum atomic E-state index is -2.67. The van der Waals surface area contributed by atoms with Crippen LogP contribution in [0.25, 0.3) is 0 Å². The van der Waals surface area contributed by atoms with Gasteiger partial charge in [-0.15, -0.1) is 0 Å². The van der Waals surface area contributed by atoms with Gasteiger partial charge in [0, 0.05) is 6.54 Å². The first kappa shape index (κ1) is 25.3. The smallest absolute Gasteiger partial charge is 0.410 e. The molecule has 1 aliphatic heterocycles. The van der Waals surface area contributed by atoms with E-state index in [1.54, 1.807) is 0 Å². The topological polar surface area (TPSA) is 38.8 Å². The standard InChI is InChI=1S/C28H39NO3Si/c1-27(2,3)32-26(30)29-21-15-9-10-16-23(29)22-31-33(28(4,5)6,24-17-11-7-12-18-24)25-19-13-8-14-20-25/h7-8,10-14,16-20,23H,9,15,21-22H2,1-6H3/t23-/m0/s1. The Balaban J connectivity index is 2.00. The second-order valence-corrected chi connectivity index (χ2v) is 15.1. The van der Waals surface area contributed by atoms with Gasteiger partial charge in [-0.25, -0.2) is 4.79 Å². The summed E-state index contributed by atoms with van der Waals surface area (Å²) >= 11 is 0. The Hall–Kier alpha value is -2.37. The van der Waals surface area contributed by atoms with Crippen LogP contribution >= 0.6 is 0 Å². The molecule has 0 radical (unpaired) electrons. The van der Waals surface area contributed by atoms with Gasteiger partial charge in [-0.05, 0) is 49.0 Å². The lowest BCUT2D eigenvalue weighted by Gasteiger charge is -2.44. The summed E-state index contributed by atoms with van der Waals surface area (Å²) in [6.45, 7) is 13.6. The molecule has 0 fully saturated rings. The van der Waals surface area contributed by atoms with Crippen molar-refractivity contribution in [2.75, 3.05) is 13.2 Å². The van der Waals surface area contributed by atoms with Gasteiger partial charge in [-0.3, -0.25) is 4.90 Å². The fourth-order valence-electron chi connectivity index (χ4n) is 4.57. The van der Waals surface area contributed by atoms with Crippen LogP contribution in [0.4, 0.5) is 4.79 Å². The molecule has 3 rings (SSSR count). The average Bonchev–Trinajstić information content (AvgIpc) is 2.99. The van der Waals surface area contributed by atoms with Gasteiger partial charge in [0.15, 0.2) is 0 Å². The second kappa shape index (κ2) is 10.3. The van der Waals surface area contributed by atoms with Crippen molar-refractivity contribution >= 4 is 24.8 Å². The monoisotopic (exact) mass is 465 g/mol. The van der Waals surface area contributed by atoms with Crippen LogP contribution in [0.1, 0.15) is 54.4 Å². The molecule has 178 valence electrons. The zero-order valence-corrected chi connectivity index (χ0v) is 22.0. The van der Waals surface area contributed by atoms with Crippen LogP contribution in [0.3, 0.4) is 0 Å². The van der Waals surface area contributed by atoms with Crippen LogP contribution in [-0.4, -0.2) is 44.1 Å². The van der Waals surface area contributed by atoms with E-state index in [2.05, 4.69) is 93.6 Å². The number of hydrogen-bond acceptors (Lipinski definition) is 3. The van der Waals surface area contributed by atoms with E-state index in [-0.39, 0.29) is 17.2 Å². The van der Waals surface area contributed by atoms with Gasteiger partial charge in [0.05, 0.1) is 12.6 Å². The first-order chi connectivity index (χ1) is 15.5. The number of carbonyl (C=O) groups is 1. The number of allylic oxidation sites excluding steroid dienone is 1. The molecule has 1 atom stereocenters. The number of hydrogen-bond donors (Lipinski definition) is 0. The number of carbonyl (C=O) groups excluding carboxylic acids is 1. The summed E-state index contributed by atoms with van der Waals surface area (Å²) in [5, 5.41) is 2.37. The first-order valence-corrected chi connectivity index (χ1v) is 13.9. The molecule has 5 heteroatoms. The van der Waals surface area contributed by atoms with Crippen molar-refractivity contribution in [2.24, 2.45) is 0 Å². The SMILES string of the molecule is CC(C)(C)OC(=O)N1CCCC=C[C@H]1CO[Si](c1ccccc1)(c1ccccc1)C(C)(C)C. The Morgan fingerprint density at radius 3 is 1.97 bits per heavy atom. The van der Waals surface area contributed by atoms with Crippen LogP contribution in [0, 0.1) is 0 Å². The summed E-state index contributed by atoms with van der Waals surface area (Å²) in [5.74, 6) is 0. The predicted octanol–water partition coefficient (Wildman–Crippen LogP) is 5.52. The molecular weight excluding hydrogens is 426 g/mol. The second-order valence-electron chi connectivity index (χ2n) is 10.8. The molecule has 1 aliphatic rings. The molecule has 0 saturated carbocycles. The van der Waals surface area contributed by atoms with E-state index in [0.717, 1.165) is 12.8 Å². The molecule has 0 aliphatic carbocycles. The van der Waals surface area contributed by atoms with E-state index in [1.807, 2.05) is 25.7 Å². The maximum Gasteiger partial charge on any atom is 0.410 e. The van der Waals surface area contributed by atoms with E-state index in [9.17, 15) is 4.79 Å². The van der Waals surface area contributed by atoms with Crippen molar-refractivity contribution in [3.05, 3.63) is 72.8 Å². The average molecular weight is 466 g/mol. The van der Waals surface area contributed by atoms with Gasteiger partial charge in [0.1, 0.15) is 5.60 Å². The molecule has 2 aromatic carbocycles. The first-order valence-electron chi connectivity index (χ1n) is 12.0. The highest BCUT2D eigenvalue weighted by Gasteiger charge is 2.50. The Morgan fingerprint density at radius 2 is 1.48 bits per heavy atom. The van der Waals surface area contributed by atoms with E-state index in [4.69, 9.17) is 9.16 Å². The molecule has 1 amide bonds. The van der Waals surface area contributed by atoms with Crippen LogP contribution in [0.15, 0.2) is 72.8 Å².